The Kier molecular flexibility index (Phi) is 3.10. The number of rotatable bonds is 2. The number of fused-ring (bicyclic) bond motifs is 1. The van der Waals surface area contributed by atoms with Gasteiger partial charge in [0.15, 0.2) is 6.29 Å². The van der Waals surface area contributed by atoms with Crippen LogP contribution in [0.15, 0.2) is 29.5 Å². The number of hydrogen-bond donors (Lipinski definition) is 1. The first-order chi connectivity index (χ1) is 8.35. The average Bonchev–Trinajstić information content (AvgIpc) is 2.77. The smallest absolute Gasteiger partial charge is 0.152 e. The normalized spacial score (nSPS) is 9.18. The van der Waals surface area contributed by atoms with Gasteiger partial charge in [-0.25, -0.2) is 0 Å². The Morgan fingerprint density at radius 1 is 1.53 bits per heavy atom. The van der Waals surface area contributed by atoms with Crippen molar-refractivity contribution < 1.29 is 4.79 Å². The predicted octanol–water partition coefficient (Wildman–Crippen LogP) is 2.64. The van der Waals surface area contributed by atoms with E-state index in [1.807, 2.05) is 18.2 Å². The molecule has 0 saturated carbocycles. The van der Waals surface area contributed by atoms with E-state index >= 15 is 0 Å². The highest BCUT2D eigenvalue weighted by Gasteiger charge is 2.02. The van der Waals surface area contributed by atoms with Crippen LogP contribution in [0.1, 0.15) is 15.9 Å². The summed E-state index contributed by atoms with van der Waals surface area (Å²) >= 11 is 0. The van der Waals surface area contributed by atoms with Crippen LogP contribution in [0.4, 0.5) is 0 Å². The number of nitrogens with one attached hydrogen (secondary N) is 1. The molecule has 82 valence electrons. The number of nitrogens with zero attached hydrogens (tertiary/aromatic N) is 3. The molecule has 5 nitrogen and oxygen atoms in total. The molecule has 0 radical (unpaired) electrons. The fourth-order valence-corrected chi connectivity index (χ4v) is 1.53. The molecule has 0 amide bonds. The molecule has 0 fully saturated rings. The van der Waals surface area contributed by atoms with Crippen LogP contribution < -0.4 is 0 Å². The van der Waals surface area contributed by atoms with Gasteiger partial charge in [-0.3, -0.25) is 4.79 Å². The molecule has 0 aliphatic heterocycles. The number of carbonyl (C=O) groups excluding carboxylic acids is 1. The van der Waals surface area contributed by atoms with Crippen molar-refractivity contribution in [2.24, 2.45) is 5.11 Å². The highest BCUT2D eigenvalue weighted by Crippen LogP contribution is 2.17. The van der Waals surface area contributed by atoms with Crippen LogP contribution in [-0.2, 0) is 0 Å². The molecule has 0 aliphatic rings. The molecular formula is C12H8N4O. The minimum Gasteiger partial charge on any atom is -0.360 e. The number of aromatic amines is 1. The number of aldehydes is 1. The van der Waals surface area contributed by atoms with Crippen molar-refractivity contribution in [1.82, 2.24) is 4.98 Å². The largest absolute Gasteiger partial charge is 0.360 e. The highest BCUT2D eigenvalue weighted by atomic mass is 16.1. The van der Waals surface area contributed by atoms with Gasteiger partial charge >= 0.3 is 0 Å². The summed E-state index contributed by atoms with van der Waals surface area (Å²) in [6, 6.07) is 5.54. The first-order valence-electron chi connectivity index (χ1n) is 4.91. The van der Waals surface area contributed by atoms with E-state index in [0.29, 0.717) is 5.56 Å². The monoisotopic (exact) mass is 224 g/mol. The van der Waals surface area contributed by atoms with Crippen molar-refractivity contribution in [2.45, 2.75) is 0 Å². The Morgan fingerprint density at radius 3 is 3.18 bits per heavy atom. The van der Waals surface area contributed by atoms with Gasteiger partial charge in [-0.2, -0.15) is 0 Å². The minimum absolute atomic E-state index is 0.141. The number of aromatic nitrogens is 1. The topological polar surface area (TPSA) is 81.6 Å². The molecule has 1 aromatic carbocycles. The van der Waals surface area contributed by atoms with Gasteiger partial charge in [-0.15, -0.1) is 0 Å². The van der Waals surface area contributed by atoms with E-state index in [4.69, 9.17) is 5.53 Å². The second-order valence-corrected chi connectivity index (χ2v) is 3.31. The molecule has 17 heavy (non-hydrogen) atoms. The third kappa shape index (κ3) is 2.28. The van der Waals surface area contributed by atoms with Gasteiger partial charge in [0, 0.05) is 33.1 Å². The maximum atomic E-state index is 10.8. The van der Waals surface area contributed by atoms with Crippen molar-refractivity contribution in [1.29, 1.82) is 0 Å². The Morgan fingerprint density at radius 2 is 2.41 bits per heavy atom. The lowest BCUT2D eigenvalue weighted by Crippen LogP contribution is -1.78. The number of H-pyrrole nitrogens is 1. The summed E-state index contributed by atoms with van der Waals surface area (Å²) in [6.45, 7) is 0.141. The predicted molar refractivity (Wildman–Crippen MR) is 64.6 cm³/mol. The average molecular weight is 224 g/mol. The van der Waals surface area contributed by atoms with E-state index < -0.39 is 0 Å². The van der Waals surface area contributed by atoms with Crippen LogP contribution >= 0.6 is 0 Å². The standard InChI is InChI=1S/C12H8N4O/c13-16-15-5-1-2-9-3-4-12-11(6-9)10(8-17)7-14-12/h3-4,6-8,14H,5H2. The number of azide groups is 1. The zero-order valence-corrected chi connectivity index (χ0v) is 8.84. The van der Waals surface area contributed by atoms with Crippen molar-refractivity contribution >= 4 is 17.2 Å². The lowest BCUT2D eigenvalue weighted by molar-refractivity contribution is 0.112. The van der Waals surface area contributed by atoms with Gasteiger partial charge in [-0.1, -0.05) is 17.0 Å². The van der Waals surface area contributed by atoms with E-state index in [9.17, 15) is 4.79 Å². The lowest BCUT2D eigenvalue weighted by Gasteiger charge is -1.92. The maximum absolute atomic E-state index is 10.8. The zero-order valence-electron chi connectivity index (χ0n) is 8.84. The van der Waals surface area contributed by atoms with Crippen molar-refractivity contribution in [3.05, 3.63) is 46.0 Å². The van der Waals surface area contributed by atoms with Gasteiger partial charge in [-0.05, 0) is 23.7 Å². The zero-order chi connectivity index (χ0) is 12.1. The molecule has 2 rings (SSSR count). The Labute approximate surface area is 97.1 Å². The van der Waals surface area contributed by atoms with Crippen LogP contribution in [0.25, 0.3) is 21.3 Å². The molecule has 0 atom stereocenters. The van der Waals surface area contributed by atoms with Gasteiger partial charge in [0.1, 0.15) is 0 Å². The first kappa shape index (κ1) is 10.8. The summed E-state index contributed by atoms with van der Waals surface area (Å²) in [5, 5.41) is 4.16. The SMILES string of the molecule is [N-]=[N+]=NCC#Cc1ccc2[nH]cc(C=O)c2c1. The molecule has 1 N–H and O–H groups in total. The molecule has 0 unspecified atom stereocenters. The van der Waals surface area contributed by atoms with Gasteiger partial charge in [0.25, 0.3) is 0 Å². The van der Waals surface area contributed by atoms with Gasteiger partial charge in [0.05, 0.1) is 6.54 Å². The number of benzene rings is 1. The Bertz CT molecular complexity index is 669. The quantitative estimate of drug-likeness (QED) is 0.275. The third-order valence-electron chi connectivity index (χ3n) is 2.29. The Balaban J connectivity index is 2.38. The first-order valence-corrected chi connectivity index (χ1v) is 4.91. The van der Waals surface area contributed by atoms with E-state index in [1.54, 1.807) is 6.20 Å². The molecule has 0 aliphatic carbocycles. The van der Waals surface area contributed by atoms with Crippen LogP contribution in [0.3, 0.4) is 0 Å². The molecule has 2 aromatic rings. The van der Waals surface area contributed by atoms with E-state index in [1.165, 1.54) is 0 Å². The van der Waals surface area contributed by atoms with E-state index in [-0.39, 0.29) is 6.54 Å². The molecule has 0 bridgehead atoms. The number of carbonyl (C=O) groups is 1. The molecule has 0 spiro atoms. The Hall–Kier alpha value is -2.70. The minimum atomic E-state index is 0.141. The van der Waals surface area contributed by atoms with Gasteiger partial charge < -0.3 is 4.98 Å². The fourth-order valence-electron chi connectivity index (χ4n) is 1.53. The van der Waals surface area contributed by atoms with Crippen molar-refractivity contribution in [2.75, 3.05) is 6.54 Å². The van der Waals surface area contributed by atoms with Crippen LogP contribution in [0.2, 0.25) is 0 Å². The second kappa shape index (κ2) is 4.88. The summed E-state index contributed by atoms with van der Waals surface area (Å²) in [6.07, 6.45) is 2.46. The summed E-state index contributed by atoms with van der Waals surface area (Å²) in [4.78, 5) is 16.4. The fraction of sp³-hybridized carbons (Fsp3) is 0.0833. The van der Waals surface area contributed by atoms with Gasteiger partial charge in [0.2, 0.25) is 0 Å². The van der Waals surface area contributed by atoms with Crippen molar-refractivity contribution in [3.63, 3.8) is 0 Å². The second-order valence-electron chi connectivity index (χ2n) is 3.31. The molecular weight excluding hydrogens is 216 g/mol. The summed E-state index contributed by atoms with van der Waals surface area (Å²) < 4.78 is 0. The maximum Gasteiger partial charge on any atom is 0.152 e. The summed E-state index contributed by atoms with van der Waals surface area (Å²) in [5.74, 6) is 5.60. The third-order valence-corrected chi connectivity index (χ3v) is 2.29. The van der Waals surface area contributed by atoms with E-state index in [2.05, 4.69) is 26.9 Å². The summed E-state index contributed by atoms with van der Waals surface area (Å²) in [5.41, 5.74) is 10.4. The number of hydrogen-bond acceptors (Lipinski definition) is 2. The van der Waals surface area contributed by atoms with Crippen molar-refractivity contribution in [3.8, 4) is 11.8 Å². The lowest BCUT2D eigenvalue weighted by atomic mass is 10.1. The molecule has 0 saturated heterocycles. The molecule has 1 heterocycles. The highest BCUT2D eigenvalue weighted by molar-refractivity contribution is 5.97. The molecule has 1 aromatic heterocycles. The molecule has 5 heteroatoms. The van der Waals surface area contributed by atoms with E-state index in [0.717, 1.165) is 22.8 Å². The van der Waals surface area contributed by atoms with Crippen LogP contribution in [0.5, 0.6) is 0 Å². The summed E-state index contributed by atoms with van der Waals surface area (Å²) in [7, 11) is 0. The van der Waals surface area contributed by atoms with Crippen LogP contribution in [-0.4, -0.2) is 17.8 Å². The van der Waals surface area contributed by atoms with Crippen LogP contribution in [0, 0.1) is 11.8 Å².